The number of pyridine rings is 1. The Morgan fingerprint density at radius 1 is 1.09 bits per heavy atom. The van der Waals surface area contributed by atoms with Crippen molar-refractivity contribution in [3.8, 4) is 0 Å². The Kier molecular flexibility index (Phi) is 9.29. The number of aromatic nitrogens is 1. The van der Waals surface area contributed by atoms with Gasteiger partial charge in [-0.3, -0.25) is 14.6 Å². The number of unbranched alkanes of at least 4 members (excludes halogenated alkanes) is 2. The van der Waals surface area contributed by atoms with Gasteiger partial charge in [-0.1, -0.05) is 38.5 Å². The van der Waals surface area contributed by atoms with Crippen molar-refractivity contribution in [3.05, 3.63) is 54.4 Å². The van der Waals surface area contributed by atoms with E-state index in [1.165, 1.54) is 4.90 Å². The van der Waals surface area contributed by atoms with Crippen LogP contribution in [0.2, 0.25) is 5.82 Å². The van der Waals surface area contributed by atoms with E-state index in [2.05, 4.69) is 54.2 Å². The lowest BCUT2D eigenvalue weighted by Gasteiger charge is -2.40. The first-order valence-electron chi connectivity index (χ1n) is 12.2. The average molecular weight is 475 g/mol. The van der Waals surface area contributed by atoms with E-state index in [-0.39, 0.29) is 17.2 Å². The molecule has 0 saturated heterocycles. The number of hydrogen-bond acceptors (Lipinski definition) is 3. The second-order valence-electron chi connectivity index (χ2n) is 8.79. The minimum atomic E-state index is -1.02. The van der Waals surface area contributed by atoms with Crippen LogP contribution in [0.1, 0.15) is 57.8 Å². The first-order chi connectivity index (χ1) is 16.4. The number of benzene rings is 1. The summed E-state index contributed by atoms with van der Waals surface area (Å²) in [4.78, 5) is 33.0. The maximum absolute atomic E-state index is 13.2. The monoisotopic (exact) mass is 475 g/mol. The molecule has 8 heteroatoms. The molecule has 1 aliphatic rings. The van der Waals surface area contributed by atoms with Gasteiger partial charge in [0.05, 0.1) is 26.8 Å². The largest absolute Gasteiger partial charge is 0.357 e. The van der Waals surface area contributed by atoms with Crippen LogP contribution in [0.4, 0.5) is 5.69 Å². The van der Waals surface area contributed by atoms with Crippen LogP contribution in [-0.2, 0) is 9.59 Å². The van der Waals surface area contributed by atoms with Gasteiger partial charge in [0.2, 0.25) is 11.8 Å². The highest BCUT2D eigenvalue weighted by Crippen LogP contribution is 2.67. The molecule has 34 heavy (non-hydrogen) atoms. The molecule has 1 N–H and O–H groups in total. The van der Waals surface area contributed by atoms with Crippen LogP contribution in [-0.4, -0.2) is 55.9 Å². The fourth-order valence-corrected chi connectivity index (χ4v) is 8.82. The van der Waals surface area contributed by atoms with Gasteiger partial charge in [-0.05, 0) is 66.7 Å². The Balaban J connectivity index is 1.44. The summed E-state index contributed by atoms with van der Waals surface area (Å²) in [5, 5.41) is 3.10. The number of fused-ring (bicyclic) bond motifs is 1. The molecular formula is C26H35B2N3O2S. The maximum atomic E-state index is 13.2. The van der Waals surface area contributed by atoms with Gasteiger partial charge in [0.15, 0.2) is 0 Å². The van der Waals surface area contributed by atoms with Crippen LogP contribution in [0.3, 0.4) is 0 Å². The fourth-order valence-electron chi connectivity index (χ4n) is 4.89. The van der Waals surface area contributed by atoms with E-state index in [1.807, 2.05) is 12.1 Å². The summed E-state index contributed by atoms with van der Waals surface area (Å²) in [7, 11) is 11.1. The molecule has 1 aromatic carbocycles. The van der Waals surface area contributed by atoms with Gasteiger partial charge in [-0.25, -0.2) is 0 Å². The number of carbonyl (C=O) groups excluding carboxylic acids is 2. The number of para-hydroxylation sites is 1. The van der Waals surface area contributed by atoms with E-state index in [4.69, 9.17) is 15.7 Å². The van der Waals surface area contributed by atoms with Crippen LogP contribution in [0.15, 0.2) is 53.7 Å². The van der Waals surface area contributed by atoms with Crippen molar-refractivity contribution >= 4 is 43.2 Å². The molecule has 2 heterocycles. The molecule has 0 aliphatic carbocycles. The molecule has 1 aliphatic heterocycles. The molecule has 4 radical (unpaired) electrons. The van der Waals surface area contributed by atoms with Gasteiger partial charge in [0.1, 0.15) is 0 Å². The highest BCUT2D eigenvalue weighted by atomic mass is 32.3. The van der Waals surface area contributed by atoms with Crippen molar-refractivity contribution in [2.24, 2.45) is 0 Å². The molecular weight excluding hydrogens is 440 g/mol. The van der Waals surface area contributed by atoms with Crippen molar-refractivity contribution in [3.63, 3.8) is 0 Å². The molecule has 1 aromatic heterocycles. The quantitative estimate of drug-likeness (QED) is 0.384. The Morgan fingerprint density at radius 3 is 2.50 bits per heavy atom. The Labute approximate surface area is 208 Å². The fraction of sp³-hybridized carbons (Fsp3) is 0.500. The smallest absolute Gasteiger partial charge is 0.227 e. The number of anilines is 1. The molecule has 0 fully saturated rings. The summed E-state index contributed by atoms with van der Waals surface area (Å²) in [6.07, 6.45) is 6.24. The summed E-state index contributed by atoms with van der Waals surface area (Å²) in [5.74, 6) is 0.688. The predicted octanol–water partition coefficient (Wildman–Crippen LogP) is 4.52. The topological polar surface area (TPSA) is 62.3 Å². The van der Waals surface area contributed by atoms with Gasteiger partial charge in [0, 0.05) is 30.3 Å². The molecule has 2 aromatic rings. The molecule has 178 valence electrons. The van der Waals surface area contributed by atoms with Crippen molar-refractivity contribution in [1.82, 2.24) is 10.3 Å². The first-order valence-corrected chi connectivity index (χ1v) is 14.3. The van der Waals surface area contributed by atoms with Crippen LogP contribution in [0.5, 0.6) is 0 Å². The molecule has 0 saturated carbocycles. The van der Waals surface area contributed by atoms with E-state index in [1.54, 1.807) is 18.5 Å². The molecule has 5 nitrogen and oxygen atoms in total. The standard InChI is InChI=1S/C26H35B2N3O2S/c1-4-34(5-2)19(3)31(21-13-8-9-14-22(21)34)23(32)15-7-6-10-17-30-26(33)25(28)24(27)20-12-11-16-29-18-20/h8-9,11-14,16,18-19,24-25H,4-7,10,15,17H2,1-3H3,(H,30,33)/t19?,24-,25+/m0/s1. The molecule has 2 amide bonds. The van der Waals surface area contributed by atoms with Crippen molar-refractivity contribution in [1.29, 1.82) is 0 Å². The van der Waals surface area contributed by atoms with E-state index in [0.717, 1.165) is 42.0 Å². The van der Waals surface area contributed by atoms with Gasteiger partial charge in [-0.2, -0.15) is 10.0 Å². The molecule has 0 bridgehead atoms. The third-order valence-corrected chi connectivity index (χ3v) is 11.8. The summed E-state index contributed by atoms with van der Waals surface area (Å²) in [6, 6.07) is 12.0. The SMILES string of the molecule is [B][C@@H](C(=O)NCCCCCC(=O)N1c2ccccc2S(CC)(CC)C1C)[C@@H]([B])c1cccnc1. The lowest BCUT2D eigenvalue weighted by molar-refractivity contribution is -0.121. The van der Waals surface area contributed by atoms with Gasteiger partial charge >= 0.3 is 0 Å². The minimum Gasteiger partial charge on any atom is -0.357 e. The number of nitrogens with one attached hydrogen (secondary N) is 1. The van der Waals surface area contributed by atoms with Gasteiger partial charge < -0.3 is 10.2 Å². The van der Waals surface area contributed by atoms with Crippen molar-refractivity contribution in [2.45, 2.75) is 68.4 Å². The van der Waals surface area contributed by atoms with E-state index < -0.39 is 21.7 Å². The molecule has 1 unspecified atom stereocenters. The summed E-state index contributed by atoms with van der Waals surface area (Å²) in [6.45, 7) is 7.24. The second-order valence-corrected chi connectivity index (χ2v) is 13.0. The zero-order valence-electron chi connectivity index (χ0n) is 20.6. The normalized spacial score (nSPS) is 19.1. The Bertz CT molecular complexity index is 972. The van der Waals surface area contributed by atoms with Crippen LogP contribution in [0.25, 0.3) is 0 Å². The maximum Gasteiger partial charge on any atom is 0.227 e. The highest BCUT2D eigenvalue weighted by molar-refractivity contribution is 8.34. The molecule has 3 rings (SSSR count). The number of amides is 2. The molecule has 0 spiro atoms. The van der Waals surface area contributed by atoms with Crippen molar-refractivity contribution < 1.29 is 9.59 Å². The van der Waals surface area contributed by atoms with E-state index in [0.29, 0.717) is 13.0 Å². The predicted molar refractivity (Wildman–Crippen MR) is 144 cm³/mol. The third kappa shape index (κ3) is 5.37. The van der Waals surface area contributed by atoms with Gasteiger partial charge in [-0.15, -0.1) is 0 Å². The van der Waals surface area contributed by atoms with Crippen LogP contribution >= 0.6 is 10.0 Å². The summed E-state index contributed by atoms with van der Waals surface area (Å²) >= 11 is 0. The van der Waals surface area contributed by atoms with E-state index in [9.17, 15) is 9.59 Å². The number of carbonyl (C=O) groups is 2. The number of nitrogens with zero attached hydrogens (tertiary/aromatic N) is 2. The highest BCUT2D eigenvalue weighted by Gasteiger charge is 2.44. The van der Waals surface area contributed by atoms with Gasteiger partial charge in [0.25, 0.3) is 0 Å². The van der Waals surface area contributed by atoms with Crippen LogP contribution < -0.4 is 10.2 Å². The number of rotatable bonds is 11. The molecule has 3 atom stereocenters. The Morgan fingerprint density at radius 2 is 1.82 bits per heavy atom. The second kappa shape index (κ2) is 12.0. The van der Waals surface area contributed by atoms with Crippen LogP contribution in [0, 0.1) is 0 Å². The number of hydrogen-bond donors (Lipinski definition) is 1. The first kappa shape index (κ1) is 26.4. The summed E-state index contributed by atoms with van der Waals surface area (Å²) in [5.41, 5.74) is 1.84. The lowest BCUT2D eigenvalue weighted by Crippen LogP contribution is -2.37. The van der Waals surface area contributed by atoms with Crippen molar-refractivity contribution in [2.75, 3.05) is 23.0 Å². The zero-order valence-corrected chi connectivity index (χ0v) is 21.4. The van der Waals surface area contributed by atoms with E-state index >= 15 is 0 Å². The lowest BCUT2D eigenvalue weighted by atomic mass is 9.63. The Hall–Kier alpha value is -2.21. The zero-order chi connectivity index (χ0) is 24.7. The summed E-state index contributed by atoms with van der Waals surface area (Å²) < 4.78 is 0. The third-order valence-electron chi connectivity index (χ3n) is 7.00. The average Bonchev–Trinajstić information content (AvgIpc) is 3.13. The minimum absolute atomic E-state index is 0.199.